The van der Waals surface area contributed by atoms with Crippen molar-refractivity contribution in [3.63, 3.8) is 0 Å². The number of thioether (sulfide) groups is 1. The number of carbonyl (C=O) groups is 2. The van der Waals surface area contributed by atoms with E-state index in [4.69, 9.17) is 0 Å². The third-order valence-corrected chi connectivity index (χ3v) is 6.84. The fraction of sp³-hybridized carbons (Fsp3) is 0.474. The van der Waals surface area contributed by atoms with E-state index >= 15 is 0 Å². The van der Waals surface area contributed by atoms with Crippen LogP contribution in [0.15, 0.2) is 30.3 Å². The Morgan fingerprint density at radius 3 is 2.88 bits per heavy atom. The molecule has 2 heterocycles. The number of amides is 1. The number of benzene rings is 1. The molecule has 2 fully saturated rings. The first kappa shape index (κ1) is 17.2. The molecule has 1 aliphatic carbocycles. The molecule has 0 bridgehead atoms. The van der Waals surface area contributed by atoms with Gasteiger partial charge in [0.2, 0.25) is 5.91 Å². The summed E-state index contributed by atoms with van der Waals surface area (Å²) in [5, 5.41) is 0. The normalized spacial score (nSPS) is 28.5. The highest BCUT2D eigenvalue weighted by Crippen LogP contribution is 2.36. The average molecular weight is 375 g/mol. The lowest BCUT2D eigenvalue weighted by Gasteiger charge is -2.27. The average Bonchev–Trinajstić information content (AvgIpc) is 3.34. The van der Waals surface area contributed by atoms with E-state index in [9.17, 15) is 9.59 Å². The van der Waals surface area contributed by atoms with Crippen LogP contribution in [0.25, 0.3) is 6.08 Å². The molecule has 6 heteroatoms. The van der Waals surface area contributed by atoms with Crippen LogP contribution in [0.5, 0.6) is 0 Å². The summed E-state index contributed by atoms with van der Waals surface area (Å²) in [4.78, 5) is 27.8. The third-order valence-electron chi connectivity index (χ3n) is 5.43. The van der Waals surface area contributed by atoms with Crippen LogP contribution < -0.4 is 0 Å². The molecule has 132 valence electrons. The predicted octanol–water partition coefficient (Wildman–Crippen LogP) is 2.82. The number of hydrogen-bond acceptors (Lipinski definition) is 5. The summed E-state index contributed by atoms with van der Waals surface area (Å²) in [6.45, 7) is 1.47. The van der Waals surface area contributed by atoms with Crippen LogP contribution in [0.2, 0.25) is 0 Å². The van der Waals surface area contributed by atoms with Gasteiger partial charge < -0.3 is 4.90 Å². The number of ketones is 1. The second kappa shape index (κ2) is 7.17. The van der Waals surface area contributed by atoms with E-state index in [1.54, 1.807) is 16.1 Å². The zero-order chi connectivity index (χ0) is 17.4. The topological polar surface area (TPSA) is 40.6 Å². The lowest BCUT2D eigenvalue weighted by molar-refractivity contribution is -0.137. The van der Waals surface area contributed by atoms with Crippen LogP contribution >= 0.6 is 24.6 Å². The van der Waals surface area contributed by atoms with E-state index in [1.165, 1.54) is 11.1 Å². The largest absolute Gasteiger partial charge is 0.331 e. The van der Waals surface area contributed by atoms with Gasteiger partial charge in [0.05, 0.1) is 5.88 Å². The molecule has 25 heavy (non-hydrogen) atoms. The maximum absolute atomic E-state index is 13.0. The smallest absolute Gasteiger partial charge is 0.242 e. The first-order chi connectivity index (χ1) is 12.1. The van der Waals surface area contributed by atoms with Gasteiger partial charge in [-0.15, -0.1) is 11.8 Å². The standard InChI is InChI=1S/C19H22N2O2S2/c22-17(11-14-6-5-13-3-1-2-4-15(13)14)16-7-8-21(24)18(16)19(23)20-9-10-25-12-20/h1-6,14,16,18,24H,7-12H2/t14?,16?,18-/m1/s1. The summed E-state index contributed by atoms with van der Waals surface area (Å²) in [5.74, 6) is 1.86. The number of carbonyl (C=O) groups excluding carboxylic acids is 2. The van der Waals surface area contributed by atoms with Crippen molar-refractivity contribution >= 4 is 42.3 Å². The van der Waals surface area contributed by atoms with Crippen LogP contribution in [0.4, 0.5) is 0 Å². The van der Waals surface area contributed by atoms with Crippen LogP contribution in [0.1, 0.15) is 29.9 Å². The summed E-state index contributed by atoms with van der Waals surface area (Å²) in [6, 6.07) is 7.81. The van der Waals surface area contributed by atoms with Crippen molar-refractivity contribution in [1.29, 1.82) is 0 Å². The minimum Gasteiger partial charge on any atom is -0.331 e. The van der Waals surface area contributed by atoms with Crippen LogP contribution in [0.3, 0.4) is 0 Å². The molecule has 0 aromatic heterocycles. The van der Waals surface area contributed by atoms with E-state index in [0.29, 0.717) is 13.0 Å². The van der Waals surface area contributed by atoms with Crippen molar-refractivity contribution in [3.8, 4) is 0 Å². The Labute approximate surface area is 158 Å². The Kier molecular flexibility index (Phi) is 4.93. The molecule has 2 saturated heterocycles. The van der Waals surface area contributed by atoms with Gasteiger partial charge in [0.1, 0.15) is 11.8 Å². The molecule has 1 amide bonds. The van der Waals surface area contributed by atoms with E-state index in [0.717, 1.165) is 24.6 Å². The van der Waals surface area contributed by atoms with Gasteiger partial charge in [0.25, 0.3) is 0 Å². The molecule has 1 aromatic rings. The molecule has 0 spiro atoms. The van der Waals surface area contributed by atoms with Crippen molar-refractivity contribution in [2.24, 2.45) is 5.92 Å². The maximum Gasteiger partial charge on any atom is 0.242 e. The summed E-state index contributed by atoms with van der Waals surface area (Å²) in [6.07, 6.45) is 5.40. The van der Waals surface area contributed by atoms with E-state index in [-0.39, 0.29) is 23.5 Å². The number of thiol groups is 1. The minimum absolute atomic E-state index is 0.0678. The maximum atomic E-state index is 13.0. The predicted molar refractivity (Wildman–Crippen MR) is 104 cm³/mol. The molecular formula is C19H22N2O2S2. The van der Waals surface area contributed by atoms with Gasteiger partial charge in [-0.3, -0.25) is 9.59 Å². The van der Waals surface area contributed by atoms with Crippen molar-refractivity contribution in [2.75, 3.05) is 24.7 Å². The first-order valence-electron chi connectivity index (χ1n) is 8.77. The van der Waals surface area contributed by atoms with Gasteiger partial charge in [-0.05, 0) is 17.5 Å². The lowest BCUT2D eigenvalue weighted by Crippen LogP contribution is -2.46. The molecule has 2 aliphatic heterocycles. The molecule has 0 radical (unpaired) electrons. The second-order valence-electron chi connectivity index (χ2n) is 6.91. The Balaban J connectivity index is 1.47. The van der Waals surface area contributed by atoms with Gasteiger partial charge >= 0.3 is 0 Å². The van der Waals surface area contributed by atoms with Gasteiger partial charge in [-0.25, -0.2) is 4.31 Å². The molecule has 1 aromatic carbocycles. The van der Waals surface area contributed by atoms with Crippen molar-refractivity contribution < 1.29 is 9.59 Å². The Morgan fingerprint density at radius 1 is 1.24 bits per heavy atom. The quantitative estimate of drug-likeness (QED) is 0.823. The molecule has 2 unspecified atom stereocenters. The number of allylic oxidation sites excluding steroid dienone is 1. The lowest BCUT2D eigenvalue weighted by atomic mass is 9.87. The molecule has 4 rings (SSSR count). The van der Waals surface area contributed by atoms with Crippen molar-refractivity contribution in [3.05, 3.63) is 41.5 Å². The van der Waals surface area contributed by atoms with Crippen LogP contribution in [-0.2, 0) is 9.59 Å². The minimum atomic E-state index is -0.407. The Morgan fingerprint density at radius 2 is 2.08 bits per heavy atom. The summed E-state index contributed by atoms with van der Waals surface area (Å²) in [7, 11) is 0. The van der Waals surface area contributed by atoms with Gasteiger partial charge in [-0.2, -0.15) is 0 Å². The highest BCUT2D eigenvalue weighted by atomic mass is 32.2. The van der Waals surface area contributed by atoms with Gasteiger partial charge in [0, 0.05) is 37.1 Å². The Bertz CT molecular complexity index is 715. The first-order valence-corrected chi connectivity index (χ1v) is 10.3. The Hall–Kier alpha value is -1.24. The molecule has 0 saturated carbocycles. The summed E-state index contributed by atoms with van der Waals surface area (Å²) in [5.41, 5.74) is 2.42. The molecule has 3 atom stereocenters. The molecule has 3 aliphatic rings. The fourth-order valence-electron chi connectivity index (χ4n) is 4.06. The summed E-state index contributed by atoms with van der Waals surface area (Å²) < 4.78 is 1.77. The summed E-state index contributed by atoms with van der Waals surface area (Å²) >= 11 is 6.25. The van der Waals surface area contributed by atoms with Crippen LogP contribution in [0, 0.1) is 5.92 Å². The number of rotatable bonds is 4. The highest BCUT2D eigenvalue weighted by Gasteiger charge is 2.44. The zero-order valence-corrected chi connectivity index (χ0v) is 15.7. The number of nitrogens with zero attached hydrogens (tertiary/aromatic N) is 2. The molecule has 0 N–H and O–H groups in total. The van der Waals surface area contributed by atoms with E-state index < -0.39 is 6.04 Å². The van der Waals surface area contributed by atoms with Crippen molar-refractivity contribution in [1.82, 2.24) is 9.21 Å². The SMILES string of the molecule is O=C(CC1C=Cc2ccccc21)C1CCN(S)[C@H]1C(=O)N1CCSC1. The molecule has 4 nitrogen and oxygen atoms in total. The van der Waals surface area contributed by atoms with E-state index in [1.807, 2.05) is 17.0 Å². The van der Waals surface area contributed by atoms with Crippen LogP contribution in [-0.4, -0.2) is 51.7 Å². The number of Topliss-reactive ketones (excluding diaryl/α,β-unsaturated/α-hetero) is 1. The molecular weight excluding hydrogens is 352 g/mol. The highest BCUT2D eigenvalue weighted by molar-refractivity contribution is 7.99. The van der Waals surface area contributed by atoms with Gasteiger partial charge in [-0.1, -0.05) is 49.2 Å². The fourth-order valence-corrected chi connectivity index (χ4v) is 5.39. The monoisotopic (exact) mass is 374 g/mol. The second-order valence-corrected chi connectivity index (χ2v) is 8.50. The zero-order valence-electron chi connectivity index (χ0n) is 14.0. The third kappa shape index (κ3) is 3.27. The van der Waals surface area contributed by atoms with E-state index in [2.05, 4.69) is 37.1 Å². The number of hydrogen-bond donors (Lipinski definition) is 1. The van der Waals surface area contributed by atoms with Crippen molar-refractivity contribution in [2.45, 2.75) is 24.8 Å². The number of fused-ring (bicyclic) bond motifs is 1. The van der Waals surface area contributed by atoms with Gasteiger partial charge in [0.15, 0.2) is 0 Å².